The van der Waals surface area contributed by atoms with Gasteiger partial charge in [-0.25, -0.2) is 4.98 Å². The number of halogens is 2. The summed E-state index contributed by atoms with van der Waals surface area (Å²) in [5.74, 6) is 0.279. The lowest BCUT2D eigenvalue weighted by molar-refractivity contribution is 1.12. The molecule has 88 valence electrons. The second-order valence-corrected chi connectivity index (χ2v) is 4.29. The van der Waals surface area contributed by atoms with Gasteiger partial charge in [-0.2, -0.15) is 0 Å². The molecule has 2 N–H and O–H groups in total. The zero-order valence-electron chi connectivity index (χ0n) is 8.92. The standard InChI is InChI=1S/C11H9Cl2N3O/c1-6-2-3-8(7(12)4-6)16-10-9(13)11(17)15-5-14-10/h2-5H,1H3,(H2,14,15,16,17). The third kappa shape index (κ3) is 2.60. The molecule has 0 atom stereocenters. The molecule has 0 aliphatic rings. The number of anilines is 2. The van der Waals surface area contributed by atoms with Crippen molar-refractivity contribution in [2.45, 2.75) is 6.92 Å². The van der Waals surface area contributed by atoms with Gasteiger partial charge in [-0.15, -0.1) is 0 Å². The molecular weight excluding hydrogens is 261 g/mol. The highest BCUT2D eigenvalue weighted by Gasteiger charge is 2.07. The molecule has 0 fully saturated rings. The summed E-state index contributed by atoms with van der Waals surface area (Å²) in [7, 11) is 0. The van der Waals surface area contributed by atoms with Crippen LogP contribution in [0.1, 0.15) is 5.56 Å². The first kappa shape index (κ1) is 12.0. The van der Waals surface area contributed by atoms with Crippen LogP contribution in [0.4, 0.5) is 11.5 Å². The largest absolute Gasteiger partial charge is 0.338 e. The molecule has 17 heavy (non-hydrogen) atoms. The van der Waals surface area contributed by atoms with E-state index in [9.17, 15) is 4.79 Å². The van der Waals surface area contributed by atoms with Gasteiger partial charge in [-0.3, -0.25) is 4.79 Å². The summed E-state index contributed by atoms with van der Waals surface area (Å²) in [6.45, 7) is 1.94. The number of nitrogens with zero attached hydrogens (tertiary/aromatic N) is 1. The zero-order valence-corrected chi connectivity index (χ0v) is 10.4. The Kier molecular flexibility index (Phi) is 3.36. The molecule has 1 aromatic carbocycles. The molecule has 1 heterocycles. The molecule has 0 spiro atoms. The SMILES string of the molecule is Cc1ccc(Nc2nc[nH]c(=O)c2Cl)c(Cl)c1. The minimum absolute atomic E-state index is 0.00383. The maximum Gasteiger partial charge on any atom is 0.271 e. The summed E-state index contributed by atoms with van der Waals surface area (Å²) >= 11 is 11.9. The number of rotatable bonds is 2. The molecule has 2 aromatic rings. The lowest BCUT2D eigenvalue weighted by atomic mass is 10.2. The Labute approximate surface area is 108 Å². The molecular formula is C11H9Cl2N3O. The molecule has 1 aromatic heterocycles. The Morgan fingerprint density at radius 2 is 2.12 bits per heavy atom. The van der Waals surface area contributed by atoms with E-state index in [1.54, 1.807) is 6.07 Å². The van der Waals surface area contributed by atoms with E-state index in [1.807, 2.05) is 19.1 Å². The van der Waals surface area contributed by atoms with E-state index in [1.165, 1.54) is 6.33 Å². The smallest absolute Gasteiger partial charge is 0.271 e. The Hall–Kier alpha value is -1.52. The van der Waals surface area contributed by atoms with Crippen LogP contribution in [-0.4, -0.2) is 9.97 Å². The van der Waals surface area contributed by atoms with Crippen LogP contribution in [0.2, 0.25) is 10.0 Å². The molecule has 2 rings (SSSR count). The molecule has 0 radical (unpaired) electrons. The summed E-state index contributed by atoms with van der Waals surface area (Å²) in [6, 6.07) is 5.51. The van der Waals surface area contributed by atoms with E-state index in [4.69, 9.17) is 23.2 Å². The van der Waals surface area contributed by atoms with Crippen molar-refractivity contribution in [2.75, 3.05) is 5.32 Å². The molecule has 4 nitrogen and oxygen atoms in total. The predicted octanol–water partition coefficient (Wildman–Crippen LogP) is 3.13. The topological polar surface area (TPSA) is 57.8 Å². The number of hydrogen-bond acceptors (Lipinski definition) is 3. The molecule has 0 saturated heterocycles. The van der Waals surface area contributed by atoms with E-state index < -0.39 is 5.56 Å². The first-order valence-electron chi connectivity index (χ1n) is 4.84. The fraction of sp³-hybridized carbons (Fsp3) is 0.0909. The van der Waals surface area contributed by atoms with Crippen molar-refractivity contribution in [3.8, 4) is 0 Å². The Morgan fingerprint density at radius 3 is 2.82 bits per heavy atom. The average Bonchev–Trinajstić information content (AvgIpc) is 2.28. The highest BCUT2D eigenvalue weighted by molar-refractivity contribution is 6.34. The monoisotopic (exact) mass is 269 g/mol. The Morgan fingerprint density at radius 1 is 1.35 bits per heavy atom. The van der Waals surface area contributed by atoms with Crippen molar-refractivity contribution in [1.29, 1.82) is 0 Å². The maximum atomic E-state index is 11.3. The number of aromatic nitrogens is 2. The predicted molar refractivity (Wildman–Crippen MR) is 69.3 cm³/mol. The summed E-state index contributed by atoms with van der Waals surface area (Å²) in [6.07, 6.45) is 1.28. The van der Waals surface area contributed by atoms with Gasteiger partial charge in [0.2, 0.25) is 0 Å². The third-order valence-electron chi connectivity index (χ3n) is 2.17. The molecule has 0 bridgehead atoms. The normalized spacial score (nSPS) is 10.3. The van der Waals surface area contributed by atoms with Crippen molar-refractivity contribution in [3.63, 3.8) is 0 Å². The van der Waals surface area contributed by atoms with Crippen LogP contribution in [0.15, 0.2) is 29.3 Å². The van der Waals surface area contributed by atoms with Crippen LogP contribution in [0.5, 0.6) is 0 Å². The average molecular weight is 270 g/mol. The lowest BCUT2D eigenvalue weighted by Gasteiger charge is -2.08. The number of nitrogens with one attached hydrogen (secondary N) is 2. The first-order valence-corrected chi connectivity index (χ1v) is 5.60. The van der Waals surface area contributed by atoms with E-state index in [-0.39, 0.29) is 10.8 Å². The van der Waals surface area contributed by atoms with Crippen molar-refractivity contribution in [1.82, 2.24) is 9.97 Å². The quantitative estimate of drug-likeness (QED) is 0.881. The van der Waals surface area contributed by atoms with Gasteiger partial charge in [0.25, 0.3) is 5.56 Å². The Bertz CT molecular complexity index is 610. The number of H-pyrrole nitrogens is 1. The fourth-order valence-corrected chi connectivity index (χ4v) is 1.75. The summed E-state index contributed by atoms with van der Waals surface area (Å²) < 4.78 is 0. The van der Waals surface area contributed by atoms with Crippen LogP contribution in [0.3, 0.4) is 0 Å². The van der Waals surface area contributed by atoms with Gasteiger partial charge in [0.05, 0.1) is 17.0 Å². The molecule has 0 aliphatic carbocycles. The van der Waals surface area contributed by atoms with Gasteiger partial charge in [0.1, 0.15) is 5.02 Å². The summed E-state index contributed by atoms with van der Waals surface area (Å²) in [5.41, 5.74) is 1.30. The van der Waals surface area contributed by atoms with E-state index in [0.29, 0.717) is 10.7 Å². The van der Waals surface area contributed by atoms with Gasteiger partial charge in [-0.05, 0) is 24.6 Å². The molecule has 0 amide bonds. The number of hydrogen-bond donors (Lipinski definition) is 2. The lowest BCUT2D eigenvalue weighted by Crippen LogP contribution is -2.09. The van der Waals surface area contributed by atoms with Crippen molar-refractivity contribution >= 4 is 34.7 Å². The van der Waals surface area contributed by atoms with Crippen LogP contribution >= 0.6 is 23.2 Å². The minimum Gasteiger partial charge on any atom is -0.338 e. The Balaban J connectivity index is 2.38. The highest BCUT2D eigenvalue weighted by Crippen LogP contribution is 2.27. The third-order valence-corrected chi connectivity index (χ3v) is 2.84. The molecule has 0 unspecified atom stereocenters. The maximum absolute atomic E-state index is 11.3. The number of aromatic amines is 1. The van der Waals surface area contributed by atoms with Crippen LogP contribution in [0.25, 0.3) is 0 Å². The van der Waals surface area contributed by atoms with Gasteiger partial charge < -0.3 is 10.3 Å². The second-order valence-electron chi connectivity index (χ2n) is 3.50. The van der Waals surface area contributed by atoms with Gasteiger partial charge >= 0.3 is 0 Å². The molecule has 6 heteroatoms. The van der Waals surface area contributed by atoms with Crippen molar-refractivity contribution in [3.05, 3.63) is 50.5 Å². The second kappa shape index (κ2) is 4.77. The summed E-state index contributed by atoms with van der Waals surface area (Å²) in [4.78, 5) is 17.6. The van der Waals surface area contributed by atoms with Crippen molar-refractivity contribution < 1.29 is 0 Å². The summed E-state index contributed by atoms with van der Waals surface area (Å²) in [5, 5.41) is 3.46. The number of benzene rings is 1. The van der Waals surface area contributed by atoms with Gasteiger partial charge in [-0.1, -0.05) is 29.3 Å². The molecule has 0 aliphatic heterocycles. The van der Waals surface area contributed by atoms with E-state index in [2.05, 4.69) is 15.3 Å². The van der Waals surface area contributed by atoms with Crippen molar-refractivity contribution in [2.24, 2.45) is 0 Å². The first-order chi connectivity index (χ1) is 8.08. The highest BCUT2D eigenvalue weighted by atomic mass is 35.5. The minimum atomic E-state index is -0.396. The van der Waals surface area contributed by atoms with Gasteiger partial charge in [0.15, 0.2) is 5.82 Å². The zero-order chi connectivity index (χ0) is 12.4. The van der Waals surface area contributed by atoms with Crippen LogP contribution in [-0.2, 0) is 0 Å². The van der Waals surface area contributed by atoms with E-state index in [0.717, 1.165) is 5.56 Å². The molecule has 0 saturated carbocycles. The van der Waals surface area contributed by atoms with E-state index >= 15 is 0 Å². The number of aryl methyl sites for hydroxylation is 1. The fourth-order valence-electron chi connectivity index (χ4n) is 1.32. The van der Waals surface area contributed by atoms with Crippen LogP contribution < -0.4 is 10.9 Å². The van der Waals surface area contributed by atoms with Gasteiger partial charge in [0, 0.05) is 0 Å². The van der Waals surface area contributed by atoms with Crippen LogP contribution in [0, 0.1) is 6.92 Å².